The maximum Gasteiger partial charge on any atom is 0.257 e. The number of likely N-dealkylation sites (tertiary alicyclic amines) is 2. The van der Waals surface area contributed by atoms with Crippen LogP contribution in [0.2, 0.25) is 0 Å². The summed E-state index contributed by atoms with van der Waals surface area (Å²) >= 11 is 0. The van der Waals surface area contributed by atoms with Crippen LogP contribution < -0.4 is 0 Å². The summed E-state index contributed by atoms with van der Waals surface area (Å²) in [5.41, 5.74) is 0.541. The van der Waals surface area contributed by atoms with Gasteiger partial charge in [0.2, 0.25) is 11.8 Å². The van der Waals surface area contributed by atoms with E-state index in [4.69, 9.17) is 9.15 Å². The Balaban J connectivity index is 1.44. The average molecular weight is 430 g/mol. The van der Waals surface area contributed by atoms with Crippen molar-refractivity contribution in [1.82, 2.24) is 14.7 Å². The van der Waals surface area contributed by atoms with Crippen molar-refractivity contribution in [2.75, 3.05) is 33.4 Å². The van der Waals surface area contributed by atoms with Gasteiger partial charge < -0.3 is 23.9 Å². The highest BCUT2D eigenvalue weighted by Gasteiger charge is 2.54. The van der Waals surface area contributed by atoms with Crippen LogP contribution in [0.15, 0.2) is 23.0 Å². The molecule has 8 nitrogen and oxygen atoms in total. The largest absolute Gasteiger partial charge is 0.472 e. The van der Waals surface area contributed by atoms with Crippen molar-refractivity contribution in [3.8, 4) is 0 Å². The Morgan fingerprint density at radius 3 is 2.81 bits per heavy atom. The third-order valence-corrected chi connectivity index (χ3v) is 7.67. The summed E-state index contributed by atoms with van der Waals surface area (Å²) in [5.74, 6) is 0.270. The van der Waals surface area contributed by atoms with Gasteiger partial charge >= 0.3 is 0 Å². The van der Waals surface area contributed by atoms with E-state index in [0.29, 0.717) is 38.2 Å². The summed E-state index contributed by atoms with van der Waals surface area (Å²) in [6.07, 6.45) is 8.04. The molecule has 0 N–H and O–H groups in total. The minimum absolute atomic E-state index is 0.0369. The van der Waals surface area contributed by atoms with E-state index in [1.54, 1.807) is 13.2 Å². The Bertz CT molecular complexity index is 840. The van der Waals surface area contributed by atoms with Crippen molar-refractivity contribution in [1.29, 1.82) is 0 Å². The van der Waals surface area contributed by atoms with E-state index in [9.17, 15) is 14.4 Å². The minimum atomic E-state index is -0.480. The number of fused-ring (bicyclic) bond motifs is 4. The molecule has 0 radical (unpaired) electrons. The molecule has 5 rings (SSSR count). The van der Waals surface area contributed by atoms with Crippen molar-refractivity contribution < 1.29 is 23.5 Å². The number of methoxy groups -OCH3 is 1. The molecule has 0 aromatic carbocycles. The number of ether oxygens (including phenoxy) is 1. The van der Waals surface area contributed by atoms with Crippen molar-refractivity contribution >= 4 is 17.7 Å². The van der Waals surface area contributed by atoms with Gasteiger partial charge in [0.25, 0.3) is 5.91 Å². The summed E-state index contributed by atoms with van der Waals surface area (Å²) in [6.45, 7) is 2.36. The second-order valence-corrected chi connectivity index (χ2v) is 9.47. The highest BCUT2D eigenvalue weighted by atomic mass is 16.5. The first-order chi connectivity index (χ1) is 15.1. The van der Waals surface area contributed by atoms with E-state index < -0.39 is 6.04 Å². The van der Waals surface area contributed by atoms with Gasteiger partial charge in [-0.05, 0) is 44.1 Å². The Hall–Kier alpha value is -2.35. The molecule has 5 heterocycles. The lowest BCUT2D eigenvalue weighted by Gasteiger charge is -2.56. The molecule has 8 heteroatoms. The summed E-state index contributed by atoms with van der Waals surface area (Å²) in [6, 6.07) is 1.31. The number of hydrogen-bond acceptors (Lipinski definition) is 5. The van der Waals surface area contributed by atoms with Gasteiger partial charge in [-0.1, -0.05) is 0 Å². The minimum Gasteiger partial charge on any atom is -0.472 e. The lowest BCUT2D eigenvalue weighted by atomic mass is 9.71. The number of furan rings is 1. The van der Waals surface area contributed by atoms with Crippen LogP contribution in [-0.2, 0) is 14.3 Å². The van der Waals surface area contributed by atoms with Gasteiger partial charge in [0.05, 0.1) is 24.5 Å². The molecule has 0 saturated carbocycles. The van der Waals surface area contributed by atoms with E-state index in [1.807, 2.05) is 14.7 Å². The molecule has 31 heavy (non-hydrogen) atoms. The van der Waals surface area contributed by atoms with Crippen molar-refractivity contribution in [2.45, 2.75) is 56.7 Å². The Kier molecular flexibility index (Phi) is 5.50. The molecular formula is C23H31N3O5. The number of carbonyl (C=O) groups excluding carboxylic acids is 3. The molecule has 4 aliphatic heterocycles. The molecule has 3 amide bonds. The Morgan fingerprint density at radius 1 is 1.19 bits per heavy atom. The average Bonchev–Trinajstić information content (AvgIpc) is 3.46. The molecule has 4 aliphatic rings. The van der Waals surface area contributed by atoms with Crippen molar-refractivity contribution in [3.63, 3.8) is 0 Å². The Labute approximate surface area is 182 Å². The second kappa shape index (κ2) is 8.30. The molecule has 168 valence electrons. The highest BCUT2D eigenvalue weighted by Crippen LogP contribution is 2.43. The second-order valence-electron chi connectivity index (χ2n) is 9.47. The van der Waals surface area contributed by atoms with E-state index in [1.165, 1.54) is 12.5 Å². The number of nitrogens with zero attached hydrogens (tertiary/aromatic N) is 3. The highest BCUT2D eigenvalue weighted by molar-refractivity contribution is 5.94. The first kappa shape index (κ1) is 20.5. The number of hydrogen-bond donors (Lipinski definition) is 0. The van der Waals surface area contributed by atoms with Crippen LogP contribution in [0.5, 0.6) is 0 Å². The third kappa shape index (κ3) is 3.54. The molecule has 1 aromatic heterocycles. The van der Waals surface area contributed by atoms with E-state index in [-0.39, 0.29) is 41.6 Å². The van der Waals surface area contributed by atoms with Gasteiger partial charge in [0, 0.05) is 45.1 Å². The molecule has 2 bridgehead atoms. The molecule has 5 atom stereocenters. The molecule has 0 unspecified atom stereocenters. The summed E-state index contributed by atoms with van der Waals surface area (Å²) < 4.78 is 10.5. The normalized spacial score (nSPS) is 32.9. The molecular weight excluding hydrogens is 398 g/mol. The van der Waals surface area contributed by atoms with Crippen LogP contribution in [0.3, 0.4) is 0 Å². The van der Waals surface area contributed by atoms with Gasteiger partial charge in [-0.3, -0.25) is 14.4 Å². The van der Waals surface area contributed by atoms with Crippen molar-refractivity contribution in [3.05, 3.63) is 24.2 Å². The first-order valence-electron chi connectivity index (χ1n) is 11.5. The van der Waals surface area contributed by atoms with E-state index in [0.717, 1.165) is 32.1 Å². The van der Waals surface area contributed by atoms with Crippen LogP contribution in [0.1, 0.15) is 48.9 Å². The van der Waals surface area contributed by atoms with Crippen LogP contribution in [-0.4, -0.2) is 83.9 Å². The van der Waals surface area contributed by atoms with Crippen molar-refractivity contribution in [2.24, 2.45) is 11.8 Å². The fraction of sp³-hybridized carbons (Fsp3) is 0.696. The van der Waals surface area contributed by atoms with Crippen LogP contribution >= 0.6 is 0 Å². The molecule has 0 aliphatic carbocycles. The fourth-order valence-electron chi connectivity index (χ4n) is 6.37. The van der Waals surface area contributed by atoms with Crippen LogP contribution in [0.25, 0.3) is 0 Å². The predicted molar refractivity (Wildman–Crippen MR) is 111 cm³/mol. The standard InChI is InChI=1S/C23H31N3O5/c1-30-14-18-4-3-8-25(18)23(29)21-17-10-16(19-5-2-6-20(27)26(19)21)11-24(12-17)22(28)15-7-9-31-13-15/h7,9,13,16-19,21H,2-6,8,10-12,14H2,1H3/t16-,17+,18-,19-,21+/m0/s1. The number of piperidine rings is 3. The topological polar surface area (TPSA) is 83.3 Å². The van der Waals surface area contributed by atoms with Gasteiger partial charge in [-0.15, -0.1) is 0 Å². The predicted octanol–water partition coefficient (Wildman–Crippen LogP) is 1.76. The lowest BCUT2D eigenvalue weighted by Crippen LogP contribution is -2.69. The molecule has 1 aromatic rings. The molecule has 0 spiro atoms. The number of carbonyl (C=O) groups is 3. The fourth-order valence-corrected chi connectivity index (χ4v) is 6.37. The van der Waals surface area contributed by atoms with Crippen LogP contribution in [0.4, 0.5) is 0 Å². The maximum atomic E-state index is 13.8. The molecule has 4 fully saturated rings. The lowest BCUT2D eigenvalue weighted by molar-refractivity contribution is -0.165. The van der Waals surface area contributed by atoms with Crippen LogP contribution in [0, 0.1) is 11.8 Å². The number of rotatable bonds is 4. The van der Waals surface area contributed by atoms with Gasteiger partial charge in [-0.25, -0.2) is 0 Å². The summed E-state index contributed by atoms with van der Waals surface area (Å²) in [7, 11) is 1.66. The molecule has 4 saturated heterocycles. The SMILES string of the molecule is COC[C@@H]1CCCN1C(=O)[C@H]1[C@@H]2C[C@@H](CN(C(=O)c3ccoc3)C2)[C@@H]2CCCC(=O)N21. The zero-order chi connectivity index (χ0) is 21.5. The zero-order valence-electron chi connectivity index (χ0n) is 18.1. The van der Waals surface area contributed by atoms with Gasteiger partial charge in [0.1, 0.15) is 12.3 Å². The quantitative estimate of drug-likeness (QED) is 0.728. The van der Waals surface area contributed by atoms with E-state index in [2.05, 4.69) is 0 Å². The van der Waals surface area contributed by atoms with Gasteiger partial charge in [-0.2, -0.15) is 0 Å². The summed E-state index contributed by atoms with van der Waals surface area (Å²) in [5, 5.41) is 0. The number of amides is 3. The first-order valence-corrected chi connectivity index (χ1v) is 11.5. The zero-order valence-corrected chi connectivity index (χ0v) is 18.1. The monoisotopic (exact) mass is 429 g/mol. The smallest absolute Gasteiger partial charge is 0.257 e. The van der Waals surface area contributed by atoms with Gasteiger partial charge in [0.15, 0.2) is 0 Å². The Morgan fingerprint density at radius 2 is 2.03 bits per heavy atom. The third-order valence-electron chi connectivity index (χ3n) is 7.67. The maximum absolute atomic E-state index is 13.8. The van der Waals surface area contributed by atoms with E-state index >= 15 is 0 Å². The summed E-state index contributed by atoms with van der Waals surface area (Å²) in [4.78, 5) is 45.7.